The van der Waals surface area contributed by atoms with E-state index in [1.54, 1.807) is 22.7 Å². The molecule has 0 unspecified atom stereocenters. The summed E-state index contributed by atoms with van der Waals surface area (Å²) in [7, 11) is 0. The van der Waals surface area contributed by atoms with Gasteiger partial charge in [-0.15, -0.1) is 40.1 Å². The lowest BCUT2D eigenvalue weighted by Gasteiger charge is -1.99. The molecule has 0 fully saturated rings. The van der Waals surface area contributed by atoms with Gasteiger partial charge in [-0.25, -0.2) is 0 Å². The quantitative estimate of drug-likeness (QED) is 0.546. The fraction of sp³-hybridized carbons (Fsp3) is 0.154. The Hall–Kier alpha value is -1.97. The summed E-state index contributed by atoms with van der Waals surface area (Å²) in [5.74, 6) is 2.50. The number of aromatic nitrogens is 3. The largest absolute Gasteiger partial charge is 0.461 e. The third-order valence-electron chi connectivity index (χ3n) is 2.38. The molecule has 0 aromatic carbocycles. The zero-order valence-corrected chi connectivity index (χ0v) is 11.5. The zero-order chi connectivity index (χ0) is 13.1. The van der Waals surface area contributed by atoms with Crippen LogP contribution < -0.4 is 4.74 Å². The molecule has 0 atom stereocenters. The van der Waals surface area contributed by atoms with Crippen LogP contribution in [0.15, 0.2) is 23.6 Å². The van der Waals surface area contributed by atoms with Crippen LogP contribution in [0.4, 0.5) is 0 Å². The van der Waals surface area contributed by atoms with Crippen molar-refractivity contribution in [3.05, 3.63) is 23.6 Å². The highest BCUT2D eigenvalue weighted by molar-refractivity contribution is 7.25. The van der Waals surface area contributed by atoms with Crippen molar-refractivity contribution in [2.75, 3.05) is 6.61 Å². The molecule has 0 saturated heterocycles. The topological polar surface area (TPSA) is 47.9 Å². The molecule has 0 saturated carbocycles. The molecular formula is C13H9N3OS2. The Morgan fingerprint density at radius 1 is 1.32 bits per heavy atom. The lowest BCUT2D eigenvalue weighted by atomic mass is 10.4. The first-order chi connectivity index (χ1) is 9.36. The van der Waals surface area contributed by atoms with Crippen molar-refractivity contribution in [2.45, 2.75) is 6.42 Å². The molecule has 0 aliphatic carbocycles. The zero-order valence-electron chi connectivity index (χ0n) is 9.87. The van der Waals surface area contributed by atoms with E-state index < -0.39 is 0 Å². The molecule has 19 heavy (non-hydrogen) atoms. The van der Waals surface area contributed by atoms with E-state index in [-0.39, 0.29) is 6.01 Å². The van der Waals surface area contributed by atoms with Crippen LogP contribution in [0.5, 0.6) is 6.01 Å². The number of rotatable bonds is 4. The van der Waals surface area contributed by atoms with Crippen LogP contribution in [0.3, 0.4) is 0 Å². The SMILES string of the molecule is C#CCCOc1nnc2cc(-c3cccs3)sc2n1. The third-order valence-corrected chi connectivity index (χ3v) is 4.46. The predicted octanol–water partition coefficient (Wildman–Crippen LogP) is 3.22. The monoisotopic (exact) mass is 287 g/mol. The van der Waals surface area contributed by atoms with E-state index in [9.17, 15) is 0 Å². The second-order valence-electron chi connectivity index (χ2n) is 3.68. The molecule has 4 nitrogen and oxygen atoms in total. The Kier molecular flexibility index (Phi) is 3.40. The average Bonchev–Trinajstić information content (AvgIpc) is 3.07. The summed E-state index contributed by atoms with van der Waals surface area (Å²) in [6.07, 6.45) is 5.69. The van der Waals surface area contributed by atoms with Gasteiger partial charge in [-0.05, 0) is 17.5 Å². The first-order valence-electron chi connectivity index (χ1n) is 5.61. The Morgan fingerprint density at radius 2 is 2.26 bits per heavy atom. The first kappa shape index (κ1) is 12.1. The molecule has 0 spiro atoms. The van der Waals surface area contributed by atoms with Crippen LogP contribution in [0.2, 0.25) is 0 Å². The first-order valence-corrected chi connectivity index (χ1v) is 7.31. The summed E-state index contributed by atoms with van der Waals surface area (Å²) in [4.78, 5) is 7.52. The molecule has 3 rings (SSSR count). The van der Waals surface area contributed by atoms with E-state index in [0.29, 0.717) is 13.0 Å². The minimum atomic E-state index is 0.280. The van der Waals surface area contributed by atoms with Crippen LogP contribution in [-0.2, 0) is 0 Å². The molecule has 0 aliphatic rings. The van der Waals surface area contributed by atoms with Gasteiger partial charge >= 0.3 is 6.01 Å². The van der Waals surface area contributed by atoms with Crippen LogP contribution in [0.1, 0.15) is 6.42 Å². The molecule has 0 aliphatic heterocycles. The van der Waals surface area contributed by atoms with Crippen LogP contribution >= 0.6 is 22.7 Å². The highest BCUT2D eigenvalue weighted by Gasteiger charge is 2.09. The smallest absolute Gasteiger partial charge is 0.337 e. The summed E-state index contributed by atoms with van der Waals surface area (Å²) in [6.45, 7) is 0.410. The number of thiophene rings is 2. The van der Waals surface area contributed by atoms with Gasteiger partial charge in [0, 0.05) is 16.2 Å². The standard InChI is InChI=1S/C13H9N3OS2/c1-2-3-6-17-13-14-12-9(15-16-13)8-11(19-12)10-5-4-7-18-10/h1,4-5,7-8H,3,6H2. The maximum Gasteiger partial charge on any atom is 0.337 e. The number of hydrogen-bond donors (Lipinski definition) is 0. The maximum atomic E-state index is 5.34. The second-order valence-corrected chi connectivity index (χ2v) is 5.65. The Bertz CT molecular complexity index is 728. The fourth-order valence-electron chi connectivity index (χ4n) is 1.53. The molecule has 3 heterocycles. The van der Waals surface area contributed by atoms with Gasteiger partial charge in [0.2, 0.25) is 0 Å². The Labute approximate surface area is 118 Å². The van der Waals surface area contributed by atoms with E-state index >= 15 is 0 Å². The van der Waals surface area contributed by atoms with Crippen molar-refractivity contribution in [1.29, 1.82) is 0 Å². The van der Waals surface area contributed by atoms with Crippen molar-refractivity contribution in [2.24, 2.45) is 0 Å². The number of nitrogens with zero attached hydrogens (tertiary/aromatic N) is 3. The molecule has 6 heteroatoms. The third kappa shape index (κ3) is 2.57. The summed E-state index contributed by atoms with van der Waals surface area (Å²) in [5, 5.41) is 10.1. The summed E-state index contributed by atoms with van der Waals surface area (Å²) in [6, 6.07) is 6.38. The van der Waals surface area contributed by atoms with Crippen LogP contribution in [0, 0.1) is 12.3 Å². The van der Waals surface area contributed by atoms with E-state index in [4.69, 9.17) is 11.2 Å². The molecule has 0 bridgehead atoms. The number of terminal acetylenes is 1. The van der Waals surface area contributed by atoms with E-state index in [0.717, 1.165) is 15.2 Å². The van der Waals surface area contributed by atoms with Crippen molar-refractivity contribution < 1.29 is 4.74 Å². The Morgan fingerprint density at radius 3 is 3.05 bits per heavy atom. The number of ether oxygens (including phenoxy) is 1. The minimum absolute atomic E-state index is 0.280. The van der Waals surface area contributed by atoms with E-state index in [1.165, 1.54) is 4.88 Å². The van der Waals surface area contributed by atoms with Crippen LogP contribution in [0.25, 0.3) is 20.1 Å². The highest BCUT2D eigenvalue weighted by atomic mass is 32.1. The van der Waals surface area contributed by atoms with Crippen molar-refractivity contribution >= 4 is 33.0 Å². The van der Waals surface area contributed by atoms with Gasteiger partial charge in [-0.1, -0.05) is 11.2 Å². The lowest BCUT2D eigenvalue weighted by Crippen LogP contribution is -2.00. The minimum Gasteiger partial charge on any atom is -0.461 e. The van der Waals surface area contributed by atoms with E-state index in [2.05, 4.69) is 27.2 Å². The predicted molar refractivity (Wildman–Crippen MR) is 77.5 cm³/mol. The van der Waals surface area contributed by atoms with Crippen molar-refractivity contribution in [3.8, 4) is 28.1 Å². The Balaban J connectivity index is 1.89. The average molecular weight is 287 g/mol. The maximum absolute atomic E-state index is 5.34. The summed E-state index contributed by atoms with van der Waals surface area (Å²) < 4.78 is 5.34. The molecule has 3 aromatic heterocycles. The van der Waals surface area contributed by atoms with Gasteiger partial charge in [0.25, 0.3) is 0 Å². The molecule has 0 amide bonds. The van der Waals surface area contributed by atoms with Gasteiger partial charge in [-0.2, -0.15) is 4.98 Å². The summed E-state index contributed by atoms with van der Waals surface area (Å²) in [5.41, 5.74) is 0.790. The van der Waals surface area contributed by atoms with E-state index in [1.807, 2.05) is 17.5 Å². The molecule has 0 radical (unpaired) electrons. The molecule has 94 valence electrons. The lowest BCUT2D eigenvalue weighted by molar-refractivity contribution is 0.298. The summed E-state index contributed by atoms with van der Waals surface area (Å²) >= 11 is 3.28. The fourth-order valence-corrected chi connectivity index (χ4v) is 3.31. The van der Waals surface area contributed by atoms with Gasteiger partial charge < -0.3 is 4.74 Å². The molecule has 3 aromatic rings. The van der Waals surface area contributed by atoms with Gasteiger partial charge in [0.1, 0.15) is 17.0 Å². The molecular weight excluding hydrogens is 278 g/mol. The van der Waals surface area contributed by atoms with Crippen molar-refractivity contribution in [1.82, 2.24) is 15.2 Å². The number of fused-ring (bicyclic) bond motifs is 1. The van der Waals surface area contributed by atoms with Crippen LogP contribution in [-0.4, -0.2) is 21.8 Å². The van der Waals surface area contributed by atoms with Gasteiger partial charge in [0.05, 0.1) is 0 Å². The second kappa shape index (κ2) is 5.34. The van der Waals surface area contributed by atoms with Gasteiger partial charge in [0.15, 0.2) is 0 Å². The van der Waals surface area contributed by atoms with Crippen molar-refractivity contribution in [3.63, 3.8) is 0 Å². The van der Waals surface area contributed by atoms with Gasteiger partial charge in [-0.3, -0.25) is 0 Å². The normalized spacial score (nSPS) is 10.5. The highest BCUT2D eigenvalue weighted by Crippen LogP contribution is 2.34. The molecule has 0 N–H and O–H groups in total. The number of hydrogen-bond acceptors (Lipinski definition) is 6.